The molecule has 0 aliphatic rings. The van der Waals surface area contributed by atoms with E-state index >= 15 is 0 Å². The molecule has 0 rings (SSSR count). The summed E-state index contributed by atoms with van der Waals surface area (Å²) in [6.07, 6.45) is 0.399. The van der Waals surface area contributed by atoms with E-state index in [0.717, 1.165) is 0 Å². The van der Waals surface area contributed by atoms with E-state index in [1.807, 2.05) is 0 Å². The van der Waals surface area contributed by atoms with Crippen molar-refractivity contribution in [2.45, 2.75) is 19.3 Å². The fourth-order valence-electron chi connectivity index (χ4n) is 0.561. The van der Waals surface area contributed by atoms with Crippen molar-refractivity contribution in [3.05, 3.63) is 0 Å². The third-order valence-corrected chi connectivity index (χ3v) is 1.85. The Hall–Kier alpha value is -0.0226. The van der Waals surface area contributed by atoms with Crippen LogP contribution in [0.1, 0.15) is 20.7 Å². The average molecular weight is 190 g/mol. The van der Waals surface area contributed by atoms with Gasteiger partial charge >= 0.3 is 24.8 Å². The Kier molecular flexibility index (Phi) is 7.84. The van der Waals surface area contributed by atoms with Gasteiger partial charge in [-0.05, 0) is 12.8 Å². The maximum absolute atomic E-state index is 10.1. The maximum atomic E-state index is 10.1. The number of carboxylic acids is 1. The van der Waals surface area contributed by atoms with E-state index in [1.54, 1.807) is 0 Å². The molecule has 0 heterocycles. The molecule has 0 aromatic rings. The Morgan fingerprint density at radius 3 is 2.17 bits per heavy atom. The van der Waals surface area contributed by atoms with Gasteiger partial charge in [0.25, 0.3) is 10.1 Å². The van der Waals surface area contributed by atoms with E-state index in [2.05, 4.69) is 0 Å². The quantitative estimate of drug-likeness (QED) is 0.278. The van der Waals surface area contributed by atoms with Crippen molar-refractivity contribution in [1.29, 1.82) is 0 Å². The molecule has 0 saturated heterocycles. The van der Waals surface area contributed by atoms with Gasteiger partial charge in [0.1, 0.15) is 0 Å². The summed E-state index contributed by atoms with van der Waals surface area (Å²) in [5.41, 5.74) is 0. The summed E-state index contributed by atoms with van der Waals surface area (Å²) in [4.78, 5) is 9.91. The van der Waals surface area contributed by atoms with Crippen molar-refractivity contribution < 1.29 is 43.2 Å². The van der Waals surface area contributed by atoms with E-state index in [9.17, 15) is 13.2 Å². The second-order valence-corrected chi connectivity index (χ2v) is 3.71. The molecule has 0 spiro atoms. The molecular weight excluding hydrogens is 179 g/mol. The van der Waals surface area contributed by atoms with Crippen LogP contribution in [0.3, 0.4) is 0 Å². The van der Waals surface area contributed by atoms with Gasteiger partial charge in [-0.2, -0.15) is 8.42 Å². The van der Waals surface area contributed by atoms with Crippen LogP contribution in [-0.4, -0.2) is 29.8 Å². The number of carbonyl (C=O) groups is 1. The van der Waals surface area contributed by atoms with Crippen molar-refractivity contribution in [3.63, 3.8) is 0 Å². The molecule has 0 unspecified atom stereocenters. The van der Waals surface area contributed by atoms with E-state index in [4.69, 9.17) is 9.66 Å². The molecule has 0 aromatic carbocycles. The molecule has 7 heteroatoms. The first-order valence-electron chi connectivity index (χ1n) is 3.09. The minimum atomic E-state index is -3.91. The monoisotopic (exact) mass is 190 g/mol. The predicted molar refractivity (Wildman–Crippen MR) is 39.0 cm³/mol. The summed E-state index contributed by atoms with van der Waals surface area (Å²) in [6, 6.07) is 0. The van der Waals surface area contributed by atoms with Gasteiger partial charge in [-0.1, -0.05) is 0 Å². The van der Waals surface area contributed by atoms with E-state index < -0.39 is 16.1 Å². The fourth-order valence-corrected chi connectivity index (χ4v) is 1.13. The molecule has 5 nitrogen and oxygen atoms in total. The van der Waals surface area contributed by atoms with Crippen molar-refractivity contribution >= 4 is 16.1 Å². The second kappa shape index (κ2) is 6.49. The minimum Gasteiger partial charge on any atom is -1.00 e. The van der Waals surface area contributed by atoms with Crippen LogP contribution in [0.2, 0.25) is 0 Å². The third-order valence-electron chi connectivity index (χ3n) is 1.04. The molecule has 0 radical (unpaired) electrons. The Morgan fingerprint density at radius 2 is 1.83 bits per heavy atom. The van der Waals surface area contributed by atoms with Crippen LogP contribution in [0.15, 0.2) is 0 Å². The summed E-state index contributed by atoms with van der Waals surface area (Å²) in [7, 11) is -3.91. The van der Waals surface area contributed by atoms with Gasteiger partial charge in [-0.15, -0.1) is 0 Å². The van der Waals surface area contributed by atoms with Crippen LogP contribution in [0.4, 0.5) is 0 Å². The van der Waals surface area contributed by atoms with Gasteiger partial charge in [0.2, 0.25) is 0 Å². The first kappa shape index (κ1) is 14.5. The Bertz CT molecular complexity index is 227. The van der Waals surface area contributed by atoms with Gasteiger partial charge in [-0.25, -0.2) is 0 Å². The molecular formula is C5H11LiO5S. The van der Waals surface area contributed by atoms with Crippen molar-refractivity contribution in [2.24, 2.45) is 0 Å². The Balaban J connectivity index is -0.000000500. The molecule has 2 N–H and O–H groups in total. The molecule has 0 aliphatic carbocycles. The van der Waals surface area contributed by atoms with Crippen LogP contribution >= 0.6 is 0 Å². The molecule has 0 aromatic heterocycles. The maximum Gasteiger partial charge on any atom is 1.00 e. The standard InChI is InChI=1S/C5H10O5S.Li.H/c6-5(7)3-1-2-4-11(8,9)10;;/h1-4H2,(H,6,7)(H,8,9,10);;/q;+1;-1. The average Bonchev–Trinajstić information content (AvgIpc) is 1.78. The number of hydrogen-bond donors (Lipinski definition) is 2. The van der Waals surface area contributed by atoms with Crippen LogP contribution in [0.5, 0.6) is 0 Å². The SMILES string of the molecule is O=C(O)CCCCS(=O)(=O)O.[H-].[Li+]. The van der Waals surface area contributed by atoms with Crippen molar-refractivity contribution in [1.82, 2.24) is 0 Å². The van der Waals surface area contributed by atoms with Crippen molar-refractivity contribution in [3.8, 4) is 0 Å². The molecule has 68 valence electrons. The number of rotatable bonds is 5. The number of aliphatic carboxylic acids is 1. The second-order valence-electron chi connectivity index (χ2n) is 2.14. The smallest absolute Gasteiger partial charge is 1.00 e. The topological polar surface area (TPSA) is 91.7 Å². The fraction of sp³-hybridized carbons (Fsp3) is 0.800. The summed E-state index contributed by atoms with van der Waals surface area (Å²) in [5, 5.41) is 8.13. The zero-order valence-corrected chi connectivity index (χ0v) is 7.67. The van der Waals surface area contributed by atoms with Gasteiger partial charge < -0.3 is 6.53 Å². The zero-order chi connectivity index (χ0) is 8.91. The van der Waals surface area contributed by atoms with Crippen LogP contribution in [0.25, 0.3) is 0 Å². The first-order valence-corrected chi connectivity index (χ1v) is 4.70. The Labute approximate surface area is 84.6 Å². The van der Waals surface area contributed by atoms with E-state index in [0.29, 0.717) is 0 Å². The van der Waals surface area contributed by atoms with Crippen LogP contribution < -0.4 is 18.9 Å². The molecule has 0 fully saturated rings. The van der Waals surface area contributed by atoms with E-state index in [1.165, 1.54) is 0 Å². The normalized spacial score (nSPS) is 10.4. The van der Waals surface area contributed by atoms with Gasteiger partial charge in [-0.3, -0.25) is 9.35 Å². The third kappa shape index (κ3) is 12.6. The zero-order valence-electron chi connectivity index (χ0n) is 7.86. The van der Waals surface area contributed by atoms with Crippen LogP contribution in [0, 0.1) is 0 Å². The van der Waals surface area contributed by atoms with Crippen LogP contribution in [-0.2, 0) is 14.9 Å². The molecule has 0 amide bonds. The Morgan fingerprint density at radius 1 is 1.33 bits per heavy atom. The number of hydrogen-bond acceptors (Lipinski definition) is 3. The molecule has 0 atom stereocenters. The summed E-state index contributed by atoms with van der Waals surface area (Å²) < 4.78 is 28.4. The molecule has 0 bridgehead atoms. The van der Waals surface area contributed by atoms with Gasteiger partial charge in [0, 0.05) is 6.42 Å². The predicted octanol–water partition coefficient (Wildman–Crippen LogP) is -2.75. The minimum absolute atomic E-state index is 0. The summed E-state index contributed by atoms with van der Waals surface area (Å²) in [6.45, 7) is 0. The van der Waals surface area contributed by atoms with Gasteiger partial charge in [0.05, 0.1) is 5.75 Å². The number of carboxylic acid groups (broad SMARTS) is 1. The molecule has 0 aliphatic heterocycles. The largest absolute Gasteiger partial charge is 1.00 e. The van der Waals surface area contributed by atoms with Crippen molar-refractivity contribution in [2.75, 3.05) is 5.75 Å². The van der Waals surface area contributed by atoms with Gasteiger partial charge in [0.15, 0.2) is 0 Å². The first-order chi connectivity index (χ1) is 4.92. The number of unbranched alkanes of at least 4 members (excludes halogenated alkanes) is 1. The van der Waals surface area contributed by atoms with E-state index in [-0.39, 0.29) is 45.3 Å². The summed E-state index contributed by atoms with van der Waals surface area (Å²) in [5.74, 6) is -1.32. The summed E-state index contributed by atoms with van der Waals surface area (Å²) >= 11 is 0. The molecule has 0 saturated carbocycles. The molecule has 12 heavy (non-hydrogen) atoms.